The van der Waals surface area contributed by atoms with E-state index in [-0.39, 0.29) is 12.4 Å². The Balaban J connectivity index is 2.48. The number of esters is 1. The van der Waals surface area contributed by atoms with Crippen molar-refractivity contribution < 1.29 is 14.6 Å². The molecule has 1 aliphatic carbocycles. The van der Waals surface area contributed by atoms with Gasteiger partial charge in [0, 0.05) is 4.75 Å². The first-order chi connectivity index (χ1) is 10.8. The lowest BCUT2D eigenvalue weighted by Gasteiger charge is -2.27. The molecule has 0 amide bonds. The van der Waals surface area contributed by atoms with Crippen molar-refractivity contribution in [1.29, 1.82) is 0 Å². The van der Waals surface area contributed by atoms with E-state index in [4.69, 9.17) is 4.74 Å². The van der Waals surface area contributed by atoms with E-state index in [0.717, 1.165) is 12.8 Å². The maximum atomic E-state index is 11.6. The predicted molar refractivity (Wildman–Crippen MR) is 98.7 cm³/mol. The van der Waals surface area contributed by atoms with Crippen molar-refractivity contribution in [2.24, 2.45) is 5.92 Å². The number of thioether (sulfide) groups is 1. The largest absolute Gasteiger partial charge is 0.466 e. The third kappa shape index (κ3) is 6.88. The lowest BCUT2D eigenvalue weighted by molar-refractivity contribution is -0.147. The molecule has 134 valence electrons. The fourth-order valence-electron chi connectivity index (χ4n) is 3.19. The average molecular weight is 343 g/mol. The first-order valence-electron chi connectivity index (χ1n) is 8.89. The van der Waals surface area contributed by atoms with Crippen molar-refractivity contribution in [2.75, 3.05) is 12.9 Å². The lowest BCUT2D eigenvalue weighted by atomic mass is 9.91. The van der Waals surface area contributed by atoms with Crippen molar-refractivity contribution in [2.45, 2.75) is 83.0 Å². The van der Waals surface area contributed by atoms with E-state index in [1.807, 2.05) is 17.8 Å². The van der Waals surface area contributed by atoms with Crippen LogP contribution in [0.3, 0.4) is 0 Å². The van der Waals surface area contributed by atoms with Gasteiger partial charge >= 0.3 is 5.97 Å². The molecular weight excluding hydrogens is 308 g/mol. The quantitative estimate of drug-likeness (QED) is 0.460. The smallest absolute Gasteiger partial charge is 0.309 e. The number of hydrogen-bond donors (Lipinski definition) is 1. The summed E-state index contributed by atoms with van der Waals surface area (Å²) in [7, 11) is 0. The second-order valence-electron chi connectivity index (χ2n) is 7.24. The van der Waals surface area contributed by atoms with Crippen molar-refractivity contribution in [3.05, 3.63) is 11.6 Å². The zero-order valence-corrected chi connectivity index (χ0v) is 16.3. The summed E-state index contributed by atoms with van der Waals surface area (Å²) < 4.78 is 5.33. The summed E-state index contributed by atoms with van der Waals surface area (Å²) in [6.07, 6.45) is 10.4. The molecule has 1 rings (SSSR count). The van der Waals surface area contributed by atoms with Crippen LogP contribution in [0, 0.1) is 5.92 Å². The predicted octanol–water partition coefficient (Wildman–Crippen LogP) is 4.73. The van der Waals surface area contributed by atoms with Crippen LogP contribution in [0.1, 0.15) is 72.6 Å². The minimum Gasteiger partial charge on any atom is -0.466 e. The van der Waals surface area contributed by atoms with Crippen molar-refractivity contribution in [1.82, 2.24) is 0 Å². The number of allylic oxidation sites excluding steroid dienone is 1. The highest BCUT2D eigenvalue weighted by molar-refractivity contribution is 7.99. The summed E-state index contributed by atoms with van der Waals surface area (Å²) in [5.74, 6) is 0.309. The molecule has 1 N–H and O–H groups in total. The third-order valence-electron chi connectivity index (χ3n) is 5.12. The number of rotatable bonds is 10. The molecule has 4 heteroatoms. The summed E-state index contributed by atoms with van der Waals surface area (Å²) in [6, 6.07) is 0. The average Bonchev–Trinajstić information content (AvgIpc) is 2.85. The van der Waals surface area contributed by atoms with Crippen molar-refractivity contribution in [3.8, 4) is 0 Å². The molecule has 0 aliphatic heterocycles. The Morgan fingerprint density at radius 3 is 2.78 bits per heavy atom. The Labute approximate surface area is 146 Å². The van der Waals surface area contributed by atoms with Crippen LogP contribution in [0.5, 0.6) is 0 Å². The van der Waals surface area contributed by atoms with Gasteiger partial charge in [-0.25, -0.2) is 0 Å². The molecular formula is C19H34O3S. The topological polar surface area (TPSA) is 46.5 Å². The summed E-state index contributed by atoms with van der Waals surface area (Å²) in [6.45, 7) is 9.06. The van der Waals surface area contributed by atoms with Crippen molar-refractivity contribution >= 4 is 17.7 Å². The van der Waals surface area contributed by atoms with Crippen LogP contribution in [0.25, 0.3) is 0 Å². The van der Waals surface area contributed by atoms with Gasteiger partial charge in [-0.1, -0.05) is 32.4 Å². The molecule has 0 saturated heterocycles. The van der Waals surface area contributed by atoms with Crippen LogP contribution in [-0.2, 0) is 9.53 Å². The zero-order valence-electron chi connectivity index (χ0n) is 15.5. The summed E-state index contributed by atoms with van der Waals surface area (Å²) in [4.78, 5) is 11.6. The second kappa shape index (κ2) is 9.12. The number of hydrogen-bond acceptors (Lipinski definition) is 4. The molecule has 0 aromatic carbocycles. The molecule has 0 aromatic rings. The van der Waals surface area contributed by atoms with E-state index in [9.17, 15) is 9.90 Å². The van der Waals surface area contributed by atoms with Crippen LogP contribution in [0.4, 0.5) is 0 Å². The normalized spacial score (nSPS) is 24.9. The minimum absolute atomic E-state index is 0.0824. The Morgan fingerprint density at radius 1 is 1.52 bits per heavy atom. The molecule has 3 unspecified atom stereocenters. The molecule has 0 saturated carbocycles. The first kappa shape index (κ1) is 20.6. The van der Waals surface area contributed by atoms with Crippen molar-refractivity contribution in [3.63, 3.8) is 0 Å². The van der Waals surface area contributed by atoms with Gasteiger partial charge in [-0.3, -0.25) is 4.79 Å². The third-order valence-corrected chi connectivity index (χ3v) is 6.60. The Bertz CT molecular complexity index is 415. The standard InChI is InChI=1S/C19H34O3S/c1-6-18(4,23-5)10-8-15(3)12-16-9-11-19(21,13-16)14-17(20)22-7-2/h13,15,21H,6-12,14H2,1-5H3. The molecule has 0 fully saturated rings. The Kier molecular flexibility index (Phi) is 8.15. The highest BCUT2D eigenvalue weighted by Crippen LogP contribution is 2.37. The highest BCUT2D eigenvalue weighted by atomic mass is 32.2. The van der Waals surface area contributed by atoms with Gasteiger partial charge in [0.05, 0.1) is 18.6 Å². The summed E-state index contributed by atoms with van der Waals surface area (Å²) >= 11 is 1.96. The molecule has 23 heavy (non-hydrogen) atoms. The molecule has 3 atom stereocenters. The number of ether oxygens (including phenoxy) is 1. The van der Waals surface area contributed by atoms with Crippen LogP contribution in [0.15, 0.2) is 11.6 Å². The van der Waals surface area contributed by atoms with E-state index in [2.05, 4.69) is 27.0 Å². The summed E-state index contributed by atoms with van der Waals surface area (Å²) in [5, 5.41) is 10.5. The molecule has 0 aromatic heterocycles. The van der Waals surface area contributed by atoms with Crippen LogP contribution >= 0.6 is 11.8 Å². The minimum atomic E-state index is -0.988. The molecule has 0 bridgehead atoms. The molecule has 3 nitrogen and oxygen atoms in total. The first-order valence-corrected chi connectivity index (χ1v) is 10.1. The summed E-state index contributed by atoms with van der Waals surface area (Å²) in [5.41, 5.74) is 0.310. The van der Waals surface area contributed by atoms with Gasteiger partial charge in [0.25, 0.3) is 0 Å². The van der Waals surface area contributed by atoms with Crippen LogP contribution in [0.2, 0.25) is 0 Å². The Morgan fingerprint density at radius 2 is 2.22 bits per heavy atom. The molecule has 1 aliphatic rings. The lowest BCUT2D eigenvalue weighted by Crippen LogP contribution is -2.27. The van der Waals surface area contributed by atoms with Gasteiger partial charge < -0.3 is 9.84 Å². The molecule has 0 radical (unpaired) electrons. The van der Waals surface area contributed by atoms with Gasteiger partial charge in [-0.05, 0) is 57.6 Å². The van der Waals surface area contributed by atoms with E-state index < -0.39 is 5.60 Å². The molecule has 0 spiro atoms. The number of aliphatic hydroxyl groups is 1. The number of carbonyl (C=O) groups excluding carboxylic acids is 1. The monoisotopic (exact) mass is 342 g/mol. The number of carbonyl (C=O) groups is 1. The van der Waals surface area contributed by atoms with Crippen LogP contribution < -0.4 is 0 Å². The van der Waals surface area contributed by atoms with Gasteiger partial charge in [0.15, 0.2) is 0 Å². The van der Waals surface area contributed by atoms with Crippen LogP contribution in [-0.4, -0.2) is 34.3 Å². The maximum absolute atomic E-state index is 11.6. The fourth-order valence-corrected chi connectivity index (χ4v) is 3.80. The van der Waals surface area contributed by atoms with E-state index >= 15 is 0 Å². The van der Waals surface area contributed by atoms with Gasteiger partial charge in [0.2, 0.25) is 0 Å². The zero-order chi connectivity index (χ0) is 17.5. The fraction of sp³-hybridized carbons (Fsp3) is 0.842. The van der Waals surface area contributed by atoms with Gasteiger partial charge in [-0.15, -0.1) is 0 Å². The Hall–Kier alpha value is -0.480. The van der Waals surface area contributed by atoms with E-state index in [1.165, 1.54) is 24.8 Å². The van der Waals surface area contributed by atoms with E-state index in [0.29, 0.717) is 23.7 Å². The second-order valence-corrected chi connectivity index (χ2v) is 8.64. The maximum Gasteiger partial charge on any atom is 0.309 e. The van der Waals surface area contributed by atoms with E-state index in [1.54, 1.807) is 6.92 Å². The van der Waals surface area contributed by atoms with Gasteiger partial charge in [0.1, 0.15) is 0 Å². The van der Waals surface area contributed by atoms with Gasteiger partial charge in [-0.2, -0.15) is 11.8 Å². The highest BCUT2D eigenvalue weighted by Gasteiger charge is 2.33. The molecule has 0 heterocycles. The SMILES string of the molecule is CCOC(=O)CC1(O)C=C(CC(C)CCC(C)(CC)SC)CC1.